The molecule has 0 saturated carbocycles. The van der Waals surface area contributed by atoms with Crippen LogP contribution in [0.4, 0.5) is 5.69 Å². The summed E-state index contributed by atoms with van der Waals surface area (Å²) in [7, 11) is 0. The lowest BCUT2D eigenvalue weighted by molar-refractivity contribution is 0.432. The highest BCUT2D eigenvalue weighted by atomic mass is 35.5. The third kappa shape index (κ3) is 2.80. The lowest BCUT2D eigenvalue weighted by Crippen LogP contribution is -2.12. The Labute approximate surface area is 143 Å². The summed E-state index contributed by atoms with van der Waals surface area (Å²) in [5.41, 5.74) is 1.13. The van der Waals surface area contributed by atoms with Gasteiger partial charge in [0.15, 0.2) is 0 Å². The molecule has 7 heteroatoms. The second-order valence-electron chi connectivity index (χ2n) is 5.41. The third-order valence-electron chi connectivity index (χ3n) is 3.67. The van der Waals surface area contributed by atoms with E-state index in [9.17, 15) is 9.90 Å². The number of hydrogen-bond donors (Lipinski definition) is 1. The van der Waals surface area contributed by atoms with Gasteiger partial charge in [-0.2, -0.15) is 5.10 Å². The van der Waals surface area contributed by atoms with E-state index in [0.29, 0.717) is 28.9 Å². The van der Waals surface area contributed by atoms with Crippen LogP contribution in [0.15, 0.2) is 38.5 Å². The second kappa shape index (κ2) is 6.13. The fourth-order valence-electron chi connectivity index (χ4n) is 2.55. The van der Waals surface area contributed by atoms with Crippen molar-refractivity contribution in [3.05, 3.63) is 51.2 Å². The van der Waals surface area contributed by atoms with Crippen molar-refractivity contribution in [2.75, 3.05) is 0 Å². The highest BCUT2D eigenvalue weighted by Gasteiger charge is 2.14. The first-order valence-electron chi connectivity index (χ1n) is 7.46. The number of fused-ring (bicyclic) bond motifs is 1. The smallest absolute Gasteiger partial charge is 0.348 e. The molecule has 3 rings (SSSR count). The van der Waals surface area contributed by atoms with Gasteiger partial charge in [-0.05, 0) is 39.0 Å². The molecule has 0 atom stereocenters. The van der Waals surface area contributed by atoms with Gasteiger partial charge in [-0.15, -0.1) is 0 Å². The van der Waals surface area contributed by atoms with Crippen LogP contribution in [-0.4, -0.2) is 20.6 Å². The van der Waals surface area contributed by atoms with Gasteiger partial charge in [-0.3, -0.25) is 9.67 Å². The van der Waals surface area contributed by atoms with E-state index in [1.807, 2.05) is 13.0 Å². The highest BCUT2D eigenvalue weighted by molar-refractivity contribution is 6.34. The van der Waals surface area contributed by atoms with E-state index in [-0.39, 0.29) is 11.3 Å². The molecule has 3 aromatic rings. The van der Waals surface area contributed by atoms with Gasteiger partial charge in [-0.1, -0.05) is 11.6 Å². The summed E-state index contributed by atoms with van der Waals surface area (Å²) < 4.78 is 6.72. The normalized spacial score (nSPS) is 12.1. The molecule has 2 heterocycles. The zero-order valence-electron chi connectivity index (χ0n) is 13.5. The predicted octanol–water partition coefficient (Wildman–Crippen LogP) is 3.82. The number of hydrogen-bond acceptors (Lipinski definition) is 5. The Kier molecular flexibility index (Phi) is 4.15. The number of nitrogens with zero attached hydrogens (tertiary/aromatic N) is 3. The van der Waals surface area contributed by atoms with Gasteiger partial charge in [0.25, 0.3) is 0 Å². The average molecular weight is 346 g/mol. The number of halogens is 1. The van der Waals surface area contributed by atoms with E-state index in [1.54, 1.807) is 30.7 Å². The van der Waals surface area contributed by atoms with Gasteiger partial charge in [0.05, 0.1) is 16.9 Å². The Morgan fingerprint density at radius 1 is 1.42 bits per heavy atom. The molecule has 24 heavy (non-hydrogen) atoms. The van der Waals surface area contributed by atoms with E-state index in [1.165, 1.54) is 6.07 Å². The number of aromatic hydroxyl groups is 1. The maximum Gasteiger partial charge on any atom is 0.348 e. The Morgan fingerprint density at radius 2 is 2.17 bits per heavy atom. The molecular formula is C17H16ClN3O3. The van der Waals surface area contributed by atoms with Crippen LogP contribution in [0, 0.1) is 6.92 Å². The Balaban J connectivity index is 2.08. The molecule has 0 saturated heterocycles. The molecule has 0 aliphatic heterocycles. The molecule has 0 unspecified atom stereocenters. The average Bonchev–Trinajstić information content (AvgIpc) is 2.82. The molecule has 1 aromatic carbocycles. The number of aromatic nitrogens is 2. The van der Waals surface area contributed by atoms with Crippen molar-refractivity contribution in [3.8, 4) is 5.75 Å². The lowest BCUT2D eigenvalue weighted by Gasteiger charge is -2.03. The Morgan fingerprint density at radius 3 is 2.83 bits per heavy atom. The van der Waals surface area contributed by atoms with Crippen LogP contribution in [0.5, 0.6) is 5.75 Å². The zero-order chi connectivity index (χ0) is 17.4. The van der Waals surface area contributed by atoms with Gasteiger partial charge in [0.2, 0.25) is 0 Å². The number of aryl methyl sites for hydroxylation is 2. The minimum absolute atomic E-state index is 0.0535. The zero-order valence-corrected chi connectivity index (χ0v) is 14.3. The fraction of sp³-hybridized carbons (Fsp3) is 0.235. The number of rotatable bonds is 3. The topological polar surface area (TPSA) is 80.6 Å². The molecule has 0 spiro atoms. The van der Waals surface area contributed by atoms with Gasteiger partial charge in [-0.25, -0.2) is 4.79 Å². The summed E-state index contributed by atoms with van der Waals surface area (Å²) in [5, 5.41) is 15.8. The highest BCUT2D eigenvalue weighted by Crippen LogP contribution is 2.27. The van der Waals surface area contributed by atoms with E-state index in [2.05, 4.69) is 10.1 Å². The van der Waals surface area contributed by atoms with Crippen LogP contribution in [-0.2, 0) is 6.54 Å². The number of aliphatic imine (C=N–C) groups is 1. The summed E-state index contributed by atoms with van der Waals surface area (Å²) in [6.07, 6.45) is 0. The largest absolute Gasteiger partial charge is 0.507 e. The molecule has 0 bridgehead atoms. The van der Waals surface area contributed by atoms with Gasteiger partial charge in [0.1, 0.15) is 22.2 Å². The van der Waals surface area contributed by atoms with Crippen molar-refractivity contribution in [1.82, 2.24) is 9.78 Å². The fourth-order valence-corrected chi connectivity index (χ4v) is 2.86. The molecule has 0 radical (unpaired) electrons. The molecule has 6 nitrogen and oxygen atoms in total. The summed E-state index contributed by atoms with van der Waals surface area (Å²) in [4.78, 5) is 16.4. The first-order valence-corrected chi connectivity index (χ1v) is 7.84. The molecule has 124 valence electrons. The Hall–Kier alpha value is -2.60. The Bertz CT molecular complexity index is 1020. The van der Waals surface area contributed by atoms with Crippen molar-refractivity contribution in [2.24, 2.45) is 4.99 Å². The molecule has 0 fully saturated rings. The maximum absolute atomic E-state index is 12.0. The van der Waals surface area contributed by atoms with E-state index in [4.69, 9.17) is 16.0 Å². The van der Waals surface area contributed by atoms with E-state index < -0.39 is 5.63 Å². The molecular weight excluding hydrogens is 330 g/mol. The summed E-state index contributed by atoms with van der Waals surface area (Å²) in [5.74, 6) is 0.194. The SMILES string of the molecule is CCn1nc2cc(N=C(C)c3c(O)cc(C)oc3=O)ccc2c1Cl. The van der Waals surface area contributed by atoms with E-state index in [0.717, 1.165) is 10.9 Å². The van der Waals surface area contributed by atoms with Crippen molar-refractivity contribution in [3.63, 3.8) is 0 Å². The minimum Gasteiger partial charge on any atom is -0.507 e. The van der Waals surface area contributed by atoms with Crippen molar-refractivity contribution < 1.29 is 9.52 Å². The predicted molar refractivity (Wildman–Crippen MR) is 93.7 cm³/mol. The van der Waals surface area contributed by atoms with E-state index >= 15 is 0 Å². The second-order valence-corrected chi connectivity index (χ2v) is 5.77. The molecule has 0 aliphatic rings. The van der Waals surface area contributed by atoms with Crippen LogP contribution >= 0.6 is 11.6 Å². The number of benzene rings is 1. The van der Waals surface area contributed by atoms with Crippen LogP contribution in [0.2, 0.25) is 5.15 Å². The van der Waals surface area contributed by atoms with Gasteiger partial charge in [0, 0.05) is 18.0 Å². The lowest BCUT2D eigenvalue weighted by atomic mass is 10.1. The molecule has 0 amide bonds. The van der Waals surface area contributed by atoms with Crippen LogP contribution in [0.1, 0.15) is 25.2 Å². The van der Waals surface area contributed by atoms with Gasteiger partial charge < -0.3 is 9.52 Å². The molecule has 2 aromatic heterocycles. The van der Waals surface area contributed by atoms with Crippen LogP contribution in [0.25, 0.3) is 10.9 Å². The quantitative estimate of drug-likeness (QED) is 0.732. The van der Waals surface area contributed by atoms with Crippen LogP contribution in [0.3, 0.4) is 0 Å². The monoisotopic (exact) mass is 345 g/mol. The first kappa shape index (κ1) is 16.3. The van der Waals surface area contributed by atoms with Crippen molar-refractivity contribution >= 4 is 33.9 Å². The van der Waals surface area contributed by atoms with Gasteiger partial charge >= 0.3 is 5.63 Å². The first-order chi connectivity index (χ1) is 11.4. The summed E-state index contributed by atoms with van der Waals surface area (Å²) >= 11 is 6.25. The van der Waals surface area contributed by atoms with Crippen LogP contribution < -0.4 is 5.63 Å². The minimum atomic E-state index is -0.617. The summed E-state index contributed by atoms with van der Waals surface area (Å²) in [6, 6.07) is 6.79. The molecule has 0 aliphatic carbocycles. The molecule has 1 N–H and O–H groups in total. The standard InChI is InChI=1S/C17H16ClN3O3/c1-4-21-16(18)12-6-5-11(8-13(12)20-21)19-10(3)15-14(22)7-9(2)24-17(15)23/h5-8,22H,4H2,1-3H3. The third-order valence-corrected chi connectivity index (χ3v) is 4.07. The summed E-state index contributed by atoms with van der Waals surface area (Å²) in [6.45, 7) is 5.87. The van der Waals surface area contributed by atoms with Crippen molar-refractivity contribution in [1.29, 1.82) is 0 Å². The van der Waals surface area contributed by atoms with Crippen molar-refractivity contribution in [2.45, 2.75) is 27.3 Å². The maximum atomic E-state index is 12.0.